The van der Waals surface area contributed by atoms with E-state index in [4.69, 9.17) is 18.9 Å². The molecule has 14 N–H and O–H groups in total. The first-order valence-corrected chi connectivity index (χ1v) is 33.2. The van der Waals surface area contributed by atoms with Crippen molar-refractivity contribution < 1.29 is 93.4 Å². The summed E-state index contributed by atoms with van der Waals surface area (Å²) in [4.78, 5) is 88.4. The predicted octanol–water partition coefficient (Wildman–Crippen LogP) is 2.57. The molecular formula is C67H84N6O19S2. The van der Waals surface area contributed by atoms with Crippen molar-refractivity contribution in [3.63, 3.8) is 0 Å². The van der Waals surface area contributed by atoms with Crippen molar-refractivity contribution in [3.05, 3.63) is 156 Å². The topological polar surface area (TPSA) is 390 Å². The van der Waals surface area contributed by atoms with E-state index in [-0.39, 0.29) is 43.1 Å². The van der Waals surface area contributed by atoms with E-state index >= 15 is 0 Å². The van der Waals surface area contributed by atoms with Crippen molar-refractivity contribution in [2.45, 2.75) is 132 Å². The second-order valence-electron chi connectivity index (χ2n) is 22.9. The Morgan fingerprint density at radius 3 is 1.33 bits per heavy atom. The van der Waals surface area contributed by atoms with Crippen molar-refractivity contribution in [2.24, 2.45) is 0 Å². The Bertz CT molecular complexity index is 3250. The number of carboxylic acid groups (broad SMARTS) is 2. The van der Waals surface area contributed by atoms with Crippen LogP contribution in [-0.4, -0.2) is 211 Å². The highest BCUT2D eigenvalue weighted by Gasteiger charge is 2.57. The van der Waals surface area contributed by atoms with Gasteiger partial charge in [0.1, 0.15) is 30.2 Å². The van der Waals surface area contributed by atoms with E-state index in [1.54, 1.807) is 48.5 Å². The van der Waals surface area contributed by atoms with Crippen molar-refractivity contribution in [1.29, 1.82) is 0 Å². The lowest BCUT2D eigenvalue weighted by atomic mass is 9.88. The van der Waals surface area contributed by atoms with E-state index < -0.39 is 134 Å². The third kappa shape index (κ3) is 21.7. The molecule has 2 heterocycles. The molecule has 0 saturated carbocycles. The molecular weight excluding hydrogens is 1260 g/mol. The number of benzene rings is 5. The maximum atomic E-state index is 13.0. The lowest BCUT2D eigenvalue weighted by Gasteiger charge is -2.46. The van der Waals surface area contributed by atoms with Gasteiger partial charge in [0.15, 0.2) is 0 Å². The SMILES string of the molecule is CC(=O)N[C@@H]1[C@H]([C@H](O)[C@@H](O)CNC(=O)c2ccc(-c3ccccc3)cc2)O[C@@](OCCCSCNCc2ccc(CNCC(=O)CCSCCCO[C@]3(C(=O)O)C[C@H](O)[C@@H](NC(C)=O)[C@H]([C@H](O)[C@H](O)CNC(=O)c4ccc(-c5ccccc5)cc4)O3)cc2)(C(=O)O)C[C@@H]1O. The Balaban J connectivity index is 0.751. The van der Waals surface area contributed by atoms with Gasteiger partial charge in [-0.3, -0.25) is 24.0 Å². The Labute approximate surface area is 553 Å². The zero-order valence-corrected chi connectivity index (χ0v) is 53.8. The molecule has 2 aliphatic rings. The molecule has 2 aliphatic heterocycles. The van der Waals surface area contributed by atoms with Gasteiger partial charge in [0, 0.05) is 82.0 Å². The predicted molar refractivity (Wildman–Crippen MR) is 350 cm³/mol. The van der Waals surface area contributed by atoms with Crippen LogP contribution in [-0.2, 0) is 56.0 Å². The molecule has 2 saturated heterocycles. The number of nitrogens with one attached hydrogen (secondary N) is 6. The van der Waals surface area contributed by atoms with Gasteiger partial charge in [0.25, 0.3) is 23.4 Å². The number of aliphatic hydroxyl groups excluding tert-OH is 6. The molecule has 7 rings (SSSR count). The van der Waals surface area contributed by atoms with Crippen LogP contribution in [0.2, 0.25) is 0 Å². The lowest BCUT2D eigenvalue weighted by Crippen LogP contribution is -2.68. The van der Waals surface area contributed by atoms with Crippen LogP contribution in [0.3, 0.4) is 0 Å². The van der Waals surface area contributed by atoms with Crippen LogP contribution in [0.15, 0.2) is 133 Å². The summed E-state index contributed by atoms with van der Waals surface area (Å²) < 4.78 is 23.3. The van der Waals surface area contributed by atoms with E-state index in [2.05, 4.69) is 31.9 Å². The number of ketones is 1. The molecule has 2 fully saturated rings. The maximum absolute atomic E-state index is 13.0. The second kappa shape index (κ2) is 36.6. The molecule has 5 aromatic rings. The summed E-state index contributed by atoms with van der Waals surface area (Å²) in [6.07, 6.45) is -14.0. The first-order chi connectivity index (χ1) is 45.1. The van der Waals surface area contributed by atoms with Crippen LogP contribution in [0.1, 0.15) is 77.8 Å². The standard InChI is InChI=1S/C67H84N6O19S2/c1-41(74)72-56-52(77)33-66(64(85)86,91-60(56)58(81)54(79)38-70-62(83)49-23-19-47(20-24-49)45-11-5-3-6-12-45)89-28-9-30-93-32-27-51(76)37-68-35-43-15-17-44(18-16-43)36-69-40-94-31-10-29-90-67(65(87)88)34-53(78)57(73-42(2)75)61(92-67)59(82)55(80)39-71-63(84)50-25-21-48(22-26-50)46-13-7-4-8-14-46/h3-8,11-26,52-61,68-69,77-82H,9-10,27-40H2,1-2H3,(H,70,83)(H,71,84)(H,72,74)(H,73,75)(H,85,86)(H,87,88)/t52-,53-,54+,55-,56+,57-,58+,59+,60+,61+,66+,67+/m0/s1. The number of ether oxygens (including phenoxy) is 4. The van der Waals surface area contributed by atoms with E-state index in [9.17, 15) is 74.4 Å². The Kier molecular flexibility index (Phi) is 28.9. The van der Waals surface area contributed by atoms with Gasteiger partial charge >= 0.3 is 11.9 Å². The summed E-state index contributed by atoms with van der Waals surface area (Å²) in [5.41, 5.74) is 6.21. The van der Waals surface area contributed by atoms with E-state index in [0.29, 0.717) is 49.1 Å². The molecule has 508 valence electrons. The van der Waals surface area contributed by atoms with Crippen LogP contribution < -0.4 is 31.9 Å². The molecule has 5 aromatic carbocycles. The van der Waals surface area contributed by atoms with E-state index in [1.807, 2.05) is 84.9 Å². The summed E-state index contributed by atoms with van der Waals surface area (Å²) >= 11 is 2.98. The molecule has 0 unspecified atom stereocenters. The fourth-order valence-corrected chi connectivity index (χ4v) is 12.3. The van der Waals surface area contributed by atoms with E-state index in [1.165, 1.54) is 30.4 Å². The minimum absolute atomic E-state index is 0.0117. The lowest BCUT2D eigenvalue weighted by molar-refractivity contribution is -0.310. The number of hydrogen-bond acceptors (Lipinski definition) is 21. The molecule has 4 amide bonds. The number of carbonyl (C=O) groups is 7. The first-order valence-electron chi connectivity index (χ1n) is 30.9. The normalized spacial score (nSPS) is 22.4. The third-order valence-electron chi connectivity index (χ3n) is 15.7. The number of aliphatic carboxylic acids is 2. The number of hydrogen-bond donors (Lipinski definition) is 14. The summed E-state index contributed by atoms with van der Waals surface area (Å²) in [6, 6.07) is 37.7. The van der Waals surface area contributed by atoms with Gasteiger partial charge in [-0.2, -0.15) is 11.8 Å². The van der Waals surface area contributed by atoms with Crippen LogP contribution >= 0.6 is 23.5 Å². The molecule has 0 radical (unpaired) electrons. The molecule has 0 spiro atoms. The smallest absolute Gasteiger partial charge is 0.364 e. The number of amides is 4. The monoisotopic (exact) mass is 1340 g/mol. The Hall–Kier alpha value is -7.19. The van der Waals surface area contributed by atoms with Gasteiger partial charge in [0.05, 0.1) is 56.3 Å². The molecule has 94 heavy (non-hydrogen) atoms. The minimum Gasteiger partial charge on any atom is -0.477 e. The molecule has 0 aromatic heterocycles. The summed E-state index contributed by atoms with van der Waals surface area (Å²) in [5.74, 6) is -8.39. The molecule has 27 heteroatoms. The van der Waals surface area contributed by atoms with Crippen LogP contribution in [0.25, 0.3) is 22.3 Å². The number of aliphatic hydroxyl groups is 6. The van der Waals surface area contributed by atoms with Crippen molar-refractivity contribution in [2.75, 3.05) is 56.0 Å². The molecule has 0 aliphatic carbocycles. The van der Waals surface area contributed by atoms with Gasteiger partial charge in [0.2, 0.25) is 11.8 Å². The zero-order chi connectivity index (χ0) is 67.8. The highest BCUT2D eigenvalue weighted by Crippen LogP contribution is 2.36. The van der Waals surface area contributed by atoms with Crippen LogP contribution in [0.5, 0.6) is 0 Å². The van der Waals surface area contributed by atoms with Crippen LogP contribution in [0.4, 0.5) is 0 Å². The number of Topliss-reactive ketones (excluding diaryl/α,β-unsaturated/α-hetero) is 1. The molecule has 0 bridgehead atoms. The van der Waals surface area contributed by atoms with Gasteiger partial charge in [-0.15, -0.1) is 11.8 Å². The number of carboxylic acids is 2. The average molecular weight is 1340 g/mol. The summed E-state index contributed by atoms with van der Waals surface area (Å²) in [7, 11) is 0. The largest absolute Gasteiger partial charge is 0.477 e. The number of rotatable bonds is 37. The quantitative estimate of drug-likeness (QED) is 0.0201. The third-order valence-corrected chi connectivity index (χ3v) is 17.8. The second-order valence-corrected chi connectivity index (χ2v) is 25.2. The summed E-state index contributed by atoms with van der Waals surface area (Å²) in [5, 5.41) is 104. The minimum atomic E-state index is -2.46. The highest BCUT2D eigenvalue weighted by atomic mass is 32.2. The number of carbonyl (C=O) groups excluding carboxylic acids is 5. The molecule has 25 nitrogen and oxygen atoms in total. The van der Waals surface area contributed by atoms with Gasteiger partial charge in [-0.05, 0) is 82.0 Å². The van der Waals surface area contributed by atoms with Gasteiger partial charge < -0.3 is 91.7 Å². The summed E-state index contributed by atoms with van der Waals surface area (Å²) in [6.45, 7) is 2.22. The van der Waals surface area contributed by atoms with Crippen LogP contribution in [0, 0.1) is 0 Å². The highest BCUT2D eigenvalue weighted by molar-refractivity contribution is 7.99. The average Bonchev–Trinajstić information content (AvgIpc) is 0.777. The number of thioether (sulfide) groups is 2. The first kappa shape index (κ1) is 74.2. The molecule has 12 atom stereocenters. The van der Waals surface area contributed by atoms with Gasteiger partial charge in [-0.1, -0.05) is 109 Å². The van der Waals surface area contributed by atoms with Gasteiger partial charge in [-0.25, -0.2) is 9.59 Å². The maximum Gasteiger partial charge on any atom is 0.364 e. The Morgan fingerprint density at radius 1 is 0.532 bits per heavy atom. The zero-order valence-electron chi connectivity index (χ0n) is 52.2. The van der Waals surface area contributed by atoms with Crippen molar-refractivity contribution >= 4 is 64.9 Å². The Morgan fingerprint density at radius 2 is 0.926 bits per heavy atom. The fourth-order valence-electron chi connectivity index (χ4n) is 10.7. The van der Waals surface area contributed by atoms with E-state index in [0.717, 1.165) is 40.3 Å². The van der Waals surface area contributed by atoms with Crippen molar-refractivity contribution in [3.8, 4) is 22.3 Å². The fraction of sp³-hybridized carbons (Fsp3) is 0.448. The van der Waals surface area contributed by atoms with Crippen molar-refractivity contribution in [1.82, 2.24) is 31.9 Å².